The third-order valence-electron chi connectivity index (χ3n) is 6.33. The van der Waals surface area contributed by atoms with E-state index in [1.54, 1.807) is 0 Å². The minimum Gasteiger partial charge on any atom is -0.371 e. The molecule has 5 heteroatoms. The van der Waals surface area contributed by atoms with Crippen LogP contribution < -0.4 is 15.5 Å². The van der Waals surface area contributed by atoms with Gasteiger partial charge >= 0.3 is 0 Å². The maximum atomic E-state index is 13.1. The van der Waals surface area contributed by atoms with E-state index in [1.165, 1.54) is 5.56 Å². The third kappa shape index (κ3) is 7.08. The van der Waals surface area contributed by atoms with Gasteiger partial charge < -0.3 is 15.5 Å². The molecule has 0 radical (unpaired) electrons. The predicted molar refractivity (Wildman–Crippen MR) is 137 cm³/mol. The lowest BCUT2D eigenvalue weighted by Crippen LogP contribution is -2.35. The van der Waals surface area contributed by atoms with Crippen molar-refractivity contribution in [2.24, 2.45) is 11.8 Å². The third-order valence-corrected chi connectivity index (χ3v) is 6.33. The Bertz CT molecular complexity index is 929. The highest BCUT2D eigenvalue weighted by Crippen LogP contribution is 2.29. The molecule has 0 aliphatic carbocycles. The Morgan fingerprint density at radius 1 is 1.03 bits per heavy atom. The molecule has 5 nitrogen and oxygen atoms in total. The van der Waals surface area contributed by atoms with E-state index in [9.17, 15) is 9.59 Å². The Morgan fingerprint density at radius 2 is 1.73 bits per heavy atom. The van der Waals surface area contributed by atoms with E-state index in [2.05, 4.69) is 43.2 Å². The van der Waals surface area contributed by atoms with Crippen LogP contribution in [-0.2, 0) is 6.42 Å². The average molecular weight is 450 g/mol. The lowest BCUT2D eigenvalue weighted by atomic mass is 9.97. The Balaban J connectivity index is 1.78. The van der Waals surface area contributed by atoms with E-state index in [0.717, 1.165) is 50.9 Å². The van der Waals surface area contributed by atoms with E-state index in [0.29, 0.717) is 35.2 Å². The fourth-order valence-corrected chi connectivity index (χ4v) is 4.12. The van der Waals surface area contributed by atoms with Crippen LogP contribution in [0.2, 0.25) is 0 Å². The first-order chi connectivity index (χ1) is 15.9. The van der Waals surface area contributed by atoms with Gasteiger partial charge in [0.25, 0.3) is 11.8 Å². The van der Waals surface area contributed by atoms with E-state index < -0.39 is 0 Å². The van der Waals surface area contributed by atoms with Gasteiger partial charge in [0.15, 0.2) is 0 Å². The molecule has 2 aromatic rings. The lowest BCUT2D eigenvalue weighted by Gasteiger charge is -2.33. The van der Waals surface area contributed by atoms with Crippen LogP contribution in [0, 0.1) is 11.8 Å². The van der Waals surface area contributed by atoms with E-state index in [1.807, 2.05) is 42.5 Å². The van der Waals surface area contributed by atoms with E-state index in [-0.39, 0.29) is 11.8 Å². The average Bonchev–Trinajstić information content (AvgIpc) is 2.82. The van der Waals surface area contributed by atoms with Crippen LogP contribution in [0.25, 0.3) is 0 Å². The Morgan fingerprint density at radius 3 is 2.36 bits per heavy atom. The van der Waals surface area contributed by atoms with Gasteiger partial charge in [-0.2, -0.15) is 0 Å². The second-order valence-corrected chi connectivity index (χ2v) is 9.76. The number of amides is 2. The number of rotatable bonds is 9. The molecule has 2 aromatic carbocycles. The van der Waals surface area contributed by atoms with Crippen LogP contribution in [0.3, 0.4) is 0 Å². The van der Waals surface area contributed by atoms with Gasteiger partial charge in [-0.1, -0.05) is 46.2 Å². The fourth-order valence-electron chi connectivity index (χ4n) is 4.12. The summed E-state index contributed by atoms with van der Waals surface area (Å²) in [5.74, 6) is 0.835. The number of anilines is 2. The maximum Gasteiger partial charge on any atom is 0.255 e. The van der Waals surface area contributed by atoms with Crippen molar-refractivity contribution in [3.8, 4) is 0 Å². The summed E-state index contributed by atoms with van der Waals surface area (Å²) >= 11 is 0. The second-order valence-electron chi connectivity index (χ2n) is 9.76. The van der Waals surface area contributed by atoms with Gasteiger partial charge in [-0.25, -0.2) is 0 Å². The predicted octanol–water partition coefficient (Wildman–Crippen LogP) is 5.90. The Labute approximate surface area is 199 Å². The summed E-state index contributed by atoms with van der Waals surface area (Å²) in [6.45, 7) is 11.1. The van der Waals surface area contributed by atoms with E-state index >= 15 is 0 Å². The number of hydrogen-bond acceptors (Lipinski definition) is 3. The van der Waals surface area contributed by atoms with Crippen molar-refractivity contribution < 1.29 is 9.59 Å². The summed E-state index contributed by atoms with van der Waals surface area (Å²) in [4.78, 5) is 28.2. The SMILES string of the molecule is CCCCc1ccc(C(=O)Nc2ccc(N3CCC(C)CC3)c(C(=O)NCC(C)C)c2)cc1. The first-order valence-electron chi connectivity index (χ1n) is 12.4. The van der Waals surface area contributed by atoms with Crippen molar-refractivity contribution >= 4 is 23.2 Å². The number of unbranched alkanes of at least 4 members (excludes halogenated alkanes) is 1. The summed E-state index contributed by atoms with van der Waals surface area (Å²) in [6.07, 6.45) is 5.58. The molecule has 0 aromatic heterocycles. The highest BCUT2D eigenvalue weighted by molar-refractivity contribution is 6.06. The quantitative estimate of drug-likeness (QED) is 0.501. The molecule has 0 spiro atoms. The minimum atomic E-state index is -0.162. The summed E-state index contributed by atoms with van der Waals surface area (Å²) in [6, 6.07) is 13.5. The van der Waals surface area contributed by atoms with Gasteiger partial charge in [-0.05, 0) is 73.4 Å². The molecule has 1 aliphatic rings. The van der Waals surface area contributed by atoms with Crippen molar-refractivity contribution in [3.63, 3.8) is 0 Å². The summed E-state index contributed by atoms with van der Waals surface area (Å²) in [7, 11) is 0. The molecule has 0 bridgehead atoms. The van der Waals surface area contributed by atoms with Gasteiger partial charge in [-0.3, -0.25) is 9.59 Å². The number of carbonyl (C=O) groups excluding carboxylic acids is 2. The number of benzene rings is 2. The molecule has 0 saturated carbocycles. The molecule has 3 rings (SSSR count). The zero-order valence-corrected chi connectivity index (χ0v) is 20.6. The number of hydrogen-bond donors (Lipinski definition) is 2. The first kappa shape index (κ1) is 24.8. The molecule has 33 heavy (non-hydrogen) atoms. The van der Waals surface area contributed by atoms with Crippen molar-refractivity contribution in [3.05, 3.63) is 59.2 Å². The number of carbonyl (C=O) groups is 2. The second kappa shape index (κ2) is 11.9. The molecule has 1 aliphatic heterocycles. The molecule has 2 N–H and O–H groups in total. The first-order valence-corrected chi connectivity index (χ1v) is 12.4. The van der Waals surface area contributed by atoms with Gasteiger partial charge in [0.2, 0.25) is 0 Å². The maximum absolute atomic E-state index is 13.1. The molecular weight excluding hydrogens is 410 g/mol. The highest BCUT2D eigenvalue weighted by Gasteiger charge is 2.22. The Kier molecular flexibility index (Phi) is 8.93. The van der Waals surface area contributed by atoms with Gasteiger partial charge in [0, 0.05) is 36.6 Å². The molecule has 1 saturated heterocycles. The number of aryl methyl sites for hydroxylation is 1. The van der Waals surface area contributed by atoms with Crippen LogP contribution in [0.1, 0.15) is 79.7 Å². The number of nitrogens with one attached hydrogen (secondary N) is 2. The standard InChI is InChI=1S/C28H39N3O2/c1-5-6-7-22-8-10-23(11-9-22)27(32)30-24-12-13-26(31-16-14-21(4)15-17-31)25(18-24)28(33)29-19-20(2)3/h8-13,18,20-21H,5-7,14-17,19H2,1-4H3,(H,29,33)(H,30,32). The fraction of sp³-hybridized carbons (Fsp3) is 0.500. The molecule has 0 atom stereocenters. The largest absolute Gasteiger partial charge is 0.371 e. The van der Waals surface area contributed by atoms with Gasteiger partial charge in [0.05, 0.1) is 5.56 Å². The molecule has 178 valence electrons. The summed E-state index contributed by atoms with van der Waals surface area (Å²) in [5.41, 5.74) is 4.08. The van der Waals surface area contributed by atoms with Crippen LogP contribution in [-0.4, -0.2) is 31.4 Å². The van der Waals surface area contributed by atoms with Crippen molar-refractivity contribution in [1.82, 2.24) is 5.32 Å². The van der Waals surface area contributed by atoms with Crippen LogP contribution in [0.4, 0.5) is 11.4 Å². The summed E-state index contributed by atoms with van der Waals surface area (Å²) in [5, 5.41) is 6.02. The zero-order valence-electron chi connectivity index (χ0n) is 20.6. The van der Waals surface area contributed by atoms with Crippen LogP contribution in [0.15, 0.2) is 42.5 Å². The van der Waals surface area contributed by atoms with E-state index in [4.69, 9.17) is 0 Å². The van der Waals surface area contributed by atoms with Crippen molar-refractivity contribution in [2.45, 2.75) is 59.8 Å². The van der Waals surface area contributed by atoms with Crippen LogP contribution >= 0.6 is 0 Å². The van der Waals surface area contributed by atoms with Gasteiger partial charge in [0.1, 0.15) is 0 Å². The summed E-state index contributed by atoms with van der Waals surface area (Å²) < 4.78 is 0. The van der Waals surface area contributed by atoms with Crippen molar-refractivity contribution in [1.29, 1.82) is 0 Å². The normalized spacial score (nSPS) is 14.4. The monoisotopic (exact) mass is 449 g/mol. The molecule has 1 fully saturated rings. The number of piperidine rings is 1. The molecule has 0 unspecified atom stereocenters. The zero-order chi connectivity index (χ0) is 23.8. The smallest absolute Gasteiger partial charge is 0.255 e. The highest BCUT2D eigenvalue weighted by atomic mass is 16.2. The minimum absolute atomic E-state index is 0.0892. The molecule has 2 amide bonds. The van der Waals surface area contributed by atoms with Crippen molar-refractivity contribution in [2.75, 3.05) is 29.9 Å². The van der Waals surface area contributed by atoms with Gasteiger partial charge in [-0.15, -0.1) is 0 Å². The lowest BCUT2D eigenvalue weighted by molar-refractivity contribution is 0.0948. The topological polar surface area (TPSA) is 61.4 Å². The number of nitrogens with zero attached hydrogens (tertiary/aromatic N) is 1. The molecule has 1 heterocycles. The van der Waals surface area contributed by atoms with Crippen LogP contribution in [0.5, 0.6) is 0 Å². The molecular formula is C28H39N3O2. The Hall–Kier alpha value is -2.82.